The first-order valence-corrected chi connectivity index (χ1v) is 9.55. The van der Waals surface area contributed by atoms with Crippen LogP contribution in [-0.2, 0) is 14.8 Å². The summed E-state index contributed by atoms with van der Waals surface area (Å²) in [6.45, 7) is 5.63. The lowest BCUT2D eigenvalue weighted by Crippen LogP contribution is -2.37. The van der Waals surface area contributed by atoms with Gasteiger partial charge in [0.1, 0.15) is 0 Å². The second-order valence-corrected chi connectivity index (χ2v) is 8.28. The average molecular weight is 317 g/mol. The van der Waals surface area contributed by atoms with Crippen LogP contribution in [-0.4, -0.2) is 57.1 Å². The van der Waals surface area contributed by atoms with Crippen LogP contribution in [0.4, 0.5) is 0 Å². The molecule has 21 heavy (non-hydrogen) atoms. The van der Waals surface area contributed by atoms with Gasteiger partial charge in [-0.05, 0) is 44.2 Å². The molecule has 1 unspecified atom stereocenters. The Morgan fingerprint density at radius 3 is 2.71 bits per heavy atom. The quantitative estimate of drug-likeness (QED) is 0.732. The number of sulfonamides is 1. The van der Waals surface area contributed by atoms with Gasteiger partial charge in [0.15, 0.2) is 0 Å². The van der Waals surface area contributed by atoms with Crippen LogP contribution in [0.3, 0.4) is 0 Å². The summed E-state index contributed by atoms with van der Waals surface area (Å²) in [5.41, 5.74) is 0. The first-order chi connectivity index (χ1) is 9.99. The van der Waals surface area contributed by atoms with Crippen molar-refractivity contribution in [3.63, 3.8) is 0 Å². The highest BCUT2D eigenvalue weighted by molar-refractivity contribution is 7.89. The average Bonchev–Trinajstić information content (AvgIpc) is 2.79. The lowest BCUT2D eigenvalue weighted by atomic mass is 9.84. The molecule has 1 amide bonds. The van der Waals surface area contributed by atoms with E-state index in [2.05, 4.69) is 17.6 Å². The molecule has 2 rings (SSSR count). The normalized spacial score (nSPS) is 24.8. The Morgan fingerprint density at radius 2 is 2.10 bits per heavy atom. The van der Waals surface area contributed by atoms with Gasteiger partial charge < -0.3 is 10.6 Å². The predicted octanol–water partition coefficient (Wildman–Crippen LogP) is 0.164. The molecule has 0 aromatic rings. The third-order valence-corrected chi connectivity index (χ3v) is 6.54. The number of nitrogens with one attached hydrogen (secondary N) is 2. The number of carbonyl (C=O) groups excluding carboxylic acids is 1. The molecule has 2 fully saturated rings. The van der Waals surface area contributed by atoms with E-state index >= 15 is 0 Å². The number of amides is 1. The molecule has 0 spiro atoms. The maximum atomic E-state index is 11.9. The van der Waals surface area contributed by atoms with Gasteiger partial charge in [0.25, 0.3) is 0 Å². The third kappa shape index (κ3) is 4.93. The summed E-state index contributed by atoms with van der Waals surface area (Å²) in [5, 5.41) is 6.19. The summed E-state index contributed by atoms with van der Waals surface area (Å²) >= 11 is 0. The van der Waals surface area contributed by atoms with Crippen LogP contribution < -0.4 is 10.6 Å². The molecule has 2 aliphatic heterocycles. The fraction of sp³-hybridized carbons (Fsp3) is 0.929. The number of hydrogen-bond acceptors (Lipinski definition) is 4. The van der Waals surface area contributed by atoms with Crippen LogP contribution in [0.15, 0.2) is 0 Å². The highest BCUT2D eigenvalue weighted by Gasteiger charge is 2.27. The van der Waals surface area contributed by atoms with Crippen LogP contribution in [0, 0.1) is 11.8 Å². The van der Waals surface area contributed by atoms with Crippen LogP contribution in [0.25, 0.3) is 0 Å². The van der Waals surface area contributed by atoms with E-state index in [-0.39, 0.29) is 11.7 Å². The molecule has 6 nitrogen and oxygen atoms in total. The number of nitrogens with zero attached hydrogens (tertiary/aromatic N) is 1. The fourth-order valence-electron chi connectivity index (χ4n) is 3.21. The molecule has 122 valence electrons. The predicted molar refractivity (Wildman–Crippen MR) is 82.4 cm³/mol. The van der Waals surface area contributed by atoms with E-state index in [0.717, 1.165) is 25.9 Å². The number of hydrogen-bond donors (Lipinski definition) is 2. The van der Waals surface area contributed by atoms with E-state index < -0.39 is 10.0 Å². The minimum atomic E-state index is -3.05. The Balaban J connectivity index is 1.65. The van der Waals surface area contributed by atoms with E-state index in [1.807, 2.05) is 0 Å². The lowest BCUT2D eigenvalue weighted by molar-refractivity contribution is -0.122. The van der Waals surface area contributed by atoms with Crippen LogP contribution in [0.5, 0.6) is 0 Å². The molecule has 0 aromatic carbocycles. The van der Waals surface area contributed by atoms with Crippen molar-refractivity contribution in [2.75, 3.05) is 38.5 Å². The molecular formula is C14H27N3O3S. The molecule has 0 radical (unpaired) electrons. The first-order valence-electron chi connectivity index (χ1n) is 7.94. The van der Waals surface area contributed by atoms with Gasteiger partial charge in [-0.1, -0.05) is 6.92 Å². The van der Waals surface area contributed by atoms with Crippen molar-refractivity contribution in [1.82, 2.24) is 14.9 Å². The summed E-state index contributed by atoms with van der Waals surface area (Å²) in [7, 11) is -3.05. The van der Waals surface area contributed by atoms with Crippen LogP contribution >= 0.6 is 0 Å². The molecule has 0 bridgehead atoms. The van der Waals surface area contributed by atoms with Gasteiger partial charge in [-0.2, -0.15) is 0 Å². The Morgan fingerprint density at radius 1 is 1.38 bits per heavy atom. The zero-order valence-corrected chi connectivity index (χ0v) is 13.6. The van der Waals surface area contributed by atoms with Gasteiger partial charge in [0, 0.05) is 26.1 Å². The van der Waals surface area contributed by atoms with Gasteiger partial charge in [0.05, 0.1) is 5.75 Å². The van der Waals surface area contributed by atoms with E-state index in [4.69, 9.17) is 0 Å². The molecule has 2 heterocycles. The van der Waals surface area contributed by atoms with Gasteiger partial charge in [0.2, 0.25) is 15.9 Å². The standard InChI is InChI=1S/C14H27N3O3S/c1-12(13-3-5-15-6-4-13)11-14(18)16-7-9-17-8-2-10-21(17,19)20/h12-13,15H,2-11H2,1H3,(H,16,18). The SMILES string of the molecule is CC(CC(=O)NCCN1CCCS1(=O)=O)C1CCNCC1. The first kappa shape index (κ1) is 16.7. The zero-order valence-electron chi connectivity index (χ0n) is 12.8. The highest BCUT2D eigenvalue weighted by Crippen LogP contribution is 2.24. The largest absolute Gasteiger partial charge is 0.355 e. The Kier molecular flexibility index (Phi) is 6.01. The molecule has 1 atom stereocenters. The molecule has 0 aliphatic carbocycles. The van der Waals surface area contributed by atoms with Crippen LogP contribution in [0.2, 0.25) is 0 Å². The van der Waals surface area contributed by atoms with Crippen molar-refractivity contribution >= 4 is 15.9 Å². The van der Waals surface area contributed by atoms with Crippen molar-refractivity contribution in [2.45, 2.75) is 32.6 Å². The van der Waals surface area contributed by atoms with Gasteiger partial charge in [-0.25, -0.2) is 12.7 Å². The maximum Gasteiger partial charge on any atom is 0.220 e. The van der Waals surface area contributed by atoms with Crippen molar-refractivity contribution in [3.05, 3.63) is 0 Å². The zero-order chi connectivity index (χ0) is 15.3. The van der Waals surface area contributed by atoms with Crippen molar-refractivity contribution in [1.29, 1.82) is 0 Å². The van der Waals surface area contributed by atoms with Gasteiger partial charge in [-0.15, -0.1) is 0 Å². The number of carbonyl (C=O) groups is 1. The lowest BCUT2D eigenvalue weighted by Gasteiger charge is -2.28. The third-order valence-electron chi connectivity index (χ3n) is 4.58. The summed E-state index contributed by atoms with van der Waals surface area (Å²) in [6, 6.07) is 0. The summed E-state index contributed by atoms with van der Waals surface area (Å²) in [6.07, 6.45) is 3.52. The highest BCUT2D eigenvalue weighted by atomic mass is 32.2. The van der Waals surface area contributed by atoms with Gasteiger partial charge in [-0.3, -0.25) is 4.79 Å². The number of piperidine rings is 1. The summed E-state index contributed by atoms with van der Waals surface area (Å²) in [5.74, 6) is 1.30. The van der Waals surface area contributed by atoms with Gasteiger partial charge >= 0.3 is 0 Å². The summed E-state index contributed by atoms with van der Waals surface area (Å²) in [4.78, 5) is 11.9. The van der Waals surface area contributed by atoms with Crippen molar-refractivity contribution in [2.24, 2.45) is 11.8 Å². The van der Waals surface area contributed by atoms with Crippen molar-refractivity contribution in [3.8, 4) is 0 Å². The molecule has 2 aliphatic rings. The smallest absolute Gasteiger partial charge is 0.220 e. The second-order valence-electron chi connectivity index (χ2n) is 6.19. The number of rotatable bonds is 6. The topological polar surface area (TPSA) is 78.5 Å². The Hall–Kier alpha value is -0.660. The van der Waals surface area contributed by atoms with E-state index in [1.54, 1.807) is 0 Å². The van der Waals surface area contributed by atoms with E-state index in [1.165, 1.54) is 4.31 Å². The molecular weight excluding hydrogens is 290 g/mol. The van der Waals surface area contributed by atoms with E-state index in [0.29, 0.717) is 44.3 Å². The molecule has 0 saturated carbocycles. The van der Waals surface area contributed by atoms with E-state index in [9.17, 15) is 13.2 Å². The summed E-state index contributed by atoms with van der Waals surface area (Å²) < 4.78 is 24.7. The monoisotopic (exact) mass is 317 g/mol. The molecule has 2 N–H and O–H groups in total. The van der Waals surface area contributed by atoms with Crippen LogP contribution in [0.1, 0.15) is 32.6 Å². The fourth-order valence-corrected chi connectivity index (χ4v) is 4.74. The minimum absolute atomic E-state index is 0.0395. The molecule has 0 aromatic heterocycles. The maximum absolute atomic E-state index is 11.9. The second kappa shape index (κ2) is 7.56. The Bertz CT molecular complexity index is 446. The molecule has 2 saturated heterocycles. The Labute approximate surface area is 127 Å². The molecule has 7 heteroatoms. The minimum Gasteiger partial charge on any atom is -0.355 e. The van der Waals surface area contributed by atoms with Crippen molar-refractivity contribution < 1.29 is 13.2 Å².